The molecular weight excluding hydrogens is 347 g/mol. The van der Waals surface area contributed by atoms with Gasteiger partial charge in [-0.1, -0.05) is 19.1 Å². The molecule has 1 aromatic carbocycles. The molecule has 2 N–H and O–H groups in total. The molecule has 0 radical (unpaired) electrons. The lowest BCUT2D eigenvalue weighted by atomic mass is 9.94. The second-order valence-corrected chi connectivity index (χ2v) is 7.34. The number of aromatic carboxylic acids is 1. The maximum atomic E-state index is 13.2. The third-order valence-electron chi connectivity index (χ3n) is 5.06. The Bertz CT molecular complexity index is 825. The molecular formula is C20H25FN4O2. The molecule has 144 valence electrons. The number of anilines is 1. The topological polar surface area (TPSA) is 78.4 Å². The summed E-state index contributed by atoms with van der Waals surface area (Å²) in [5.41, 5.74) is 1.75. The Morgan fingerprint density at radius 3 is 2.67 bits per heavy atom. The number of hydrogen-bond acceptors (Lipinski definition) is 5. The van der Waals surface area contributed by atoms with Crippen molar-refractivity contribution in [1.82, 2.24) is 14.9 Å². The Hall–Kier alpha value is -2.54. The number of nitrogens with zero attached hydrogens (tertiary/aromatic N) is 3. The molecule has 1 aliphatic heterocycles. The van der Waals surface area contributed by atoms with Gasteiger partial charge in [0.1, 0.15) is 11.6 Å². The van der Waals surface area contributed by atoms with E-state index in [2.05, 4.69) is 34.2 Å². The van der Waals surface area contributed by atoms with Crippen molar-refractivity contribution in [2.45, 2.75) is 32.7 Å². The Morgan fingerprint density at radius 2 is 2.04 bits per heavy atom. The summed E-state index contributed by atoms with van der Waals surface area (Å²) in [5.74, 6) is -0.357. The van der Waals surface area contributed by atoms with Crippen molar-refractivity contribution >= 4 is 11.8 Å². The SMILES string of the molecule is Cc1nc(N[C@@H]2CCN(C)C[C@H]2C)c(Cc2ccc(F)cc2)nc1C(=O)O. The van der Waals surface area contributed by atoms with Crippen LogP contribution in [0.2, 0.25) is 0 Å². The van der Waals surface area contributed by atoms with Gasteiger partial charge < -0.3 is 15.3 Å². The first-order valence-electron chi connectivity index (χ1n) is 9.14. The third-order valence-corrected chi connectivity index (χ3v) is 5.06. The summed E-state index contributed by atoms with van der Waals surface area (Å²) in [7, 11) is 2.11. The number of piperidine rings is 1. The number of carboxylic acids is 1. The lowest BCUT2D eigenvalue weighted by Crippen LogP contribution is -2.43. The molecule has 0 amide bonds. The minimum Gasteiger partial charge on any atom is -0.476 e. The highest BCUT2D eigenvalue weighted by Crippen LogP contribution is 2.24. The van der Waals surface area contributed by atoms with Crippen LogP contribution in [0, 0.1) is 18.7 Å². The zero-order valence-electron chi connectivity index (χ0n) is 15.9. The summed E-state index contributed by atoms with van der Waals surface area (Å²) in [5, 5.41) is 12.9. The zero-order valence-corrected chi connectivity index (χ0v) is 15.9. The van der Waals surface area contributed by atoms with Gasteiger partial charge in [-0.15, -0.1) is 0 Å². The van der Waals surface area contributed by atoms with Crippen molar-refractivity contribution in [2.24, 2.45) is 5.92 Å². The molecule has 2 atom stereocenters. The van der Waals surface area contributed by atoms with Crippen LogP contribution in [0.4, 0.5) is 10.2 Å². The molecule has 2 heterocycles. The summed E-state index contributed by atoms with van der Waals surface area (Å²) in [6.45, 7) is 5.83. The molecule has 7 heteroatoms. The van der Waals surface area contributed by atoms with Crippen LogP contribution in [0.5, 0.6) is 0 Å². The number of likely N-dealkylation sites (tertiary alicyclic amines) is 1. The van der Waals surface area contributed by atoms with E-state index in [9.17, 15) is 14.3 Å². The number of hydrogen-bond donors (Lipinski definition) is 2. The van der Waals surface area contributed by atoms with E-state index in [1.54, 1.807) is 19.1 Å². The molecule has 1 aromatic heterocycles. The Balaban J connectivity index is 1.92. The average molecular weight is 372 g/mol. The average Bonchev–Trinajstić information content (AvgIpc) is 2.61. The number of aromatic nitrogens is 2. The zero-order chi connectivity index (χ0) is 19.6. The molecule has 0 spiro atoms. The molecule has 6 nitrogen and oxygen atoms in total. The number of carboxylic acid groups (broad SMARTS) is 1. The number of aryl methyl sites for hydroxylation is 1. The number of benzene rings is 1. The smallest absolute Gasteiger partial charge is 0.356 e. The first kappa shape index (κ1) is 19.2. The Labute approximate surface area is 158 Å². The quantitative estimate of drug-likeness (QED) is 0.840. The van der Waals surface area contributed by atoms with Crippen molar-refractivity contribution < 1.29 is 14.3 Å². The summed E-state index contributed by atoms with van der Waals surface area (Å²) in [6.07, 6.45) is 1.37. The number of carbonyl (C=O) groups is 1. The lowest BCUT2D eigenvalue weighted by Gasteiger charge is -2.35. The van der Waals surface area contributed by atoms with Crippen LogP contribution >= 0.6 is 0 Å². The van der Waals surface area contributed by atoms with Crippen molar-refractivity contribution in [3.05, 3.63) is 52.7 Å². The van der Waals surface area contributed by atoms with Crippen LogP contribution in [0.15, 0.2) is 24.3 Å². The highest BCUT2D eigenvalue weighted by Gasteiger charge is 2.26. The van der Waals surface area contributed by atoms with E-state index in [1.807, 2.05) is 0 Å². The number of halogens is 1. The van der Waals surface area contributed by atoms with E-state index in [-0.39, 0.29) is 17.6 Å². The maximum absolute atomic E-state index is 13.2. The van der Waals surface area contributed by atoms with E-state index >= 15 is 0 Å². The molecule has 27 heavy (non-hydrogen) atoms. The number of nitrogens with one attached hydrogen (secondary N) is 1. The van der Waals surface area contributed by atoms with E-state index in [0.717, 1.165) is 25.1 Å². The van der Waals surface area contributed by atoms with E-state index < -0.39 is 5.97 Å². The van der Waals surface area contributed by atoms with Gasteiger partial charge >= 0.3 is 5.97 Å². The van der Waals surface area contributed by atoms with E-state index in [0.29, 0.717) is 29.5 Å². The van der Waals surface area contributed by atoms with Crippen LogP contribution < -0.4 is 5.32 Å². The Morgan fingerprint density at radius 1 is 1.33 bits per heavy atom. The summed E-state index contributed by atoms with van der Waals surface area (Å²) < 4.78 is 13.2. The highest BCUT2D eigenvalue weighted by molar-refractivity contribution is 5.86. The molecule has 0 saturated carbocycles. The van der Waals surface area contributed by atoms with Gasteiger partial charge in [-0.3, -0.25) is 0 Å². The maximum Gasteiger partial charge on any atom is 0.356 e. The third kappa shape index (κ3) is 4.60. The number of rotatable bonds is 5. The van der Waals surface area contributed by atoms with Gasteiger partial charge in [0, 0.05) is 19.0 Å². The molecule has 0 unspecified atom stereocenters. The van der Waals surface area contributed by atoms with Gasteiger partial charge in [-0.25, -0.2) is 19.2 Å². The summed E-state index contributed by atoms with van der Waals surface area (Å²) in [6, 6.07) is 6.39. The van der Waals surface area contributed by atoms with Crippen molar-refractivity contribution in [3.63, 3.8) is 0 Å². The monoisotopic (exact) mass is 372 g/mol. The van der Waals surface area contributed by atoms with E-state index in [1.165, 1.54) is 12.1 Å². The van der Waals surface area contributed by atoms with Crippen molar-refractivity contribution in [1.29, 1.82) is 0 Å². The van der Waals surface area contributed by atoms with Gasteiger partial charge in [0.15, 0.2) is 5.69 Å². The second-order valence-electron chi connectivity index (χ2n) is 7.34. The minimum atomic E-state index is -1.10. The van der Waals surface area contributed by atoms with Crippen LogP contribution in [-0.2, 0) is 6.42 Å². The van der Waals surface area contributed by atoms with Crippen molar-refractivity contribution in [3.8, 4) is 0 Å². The summed E-state index contributed by atoms with van der Waals surface area (Å²) >= 11 is 0. The second kappa shape index (κ2) is 8.00. The molecule has 1 saturated heterocycles. The van der Waals surface area contributed by atoms with Gasteiger partial charge in [0.25, 0.3) is 0 Å². The highest BCUT2D eigenvalue weighted by atomic mass is 19.1. The van der Waals surface area contributed by atoms with Crippen LogP contribution in [0.1, 0.15) is 40.8 Å². The predicted octanol–water partition coefficient (Wildman–Crippen LogP) is 2.97. The van der Waals surface area contributed by atoms with Gasteiger partial charge in [0.05, 0.1) is 11.4 Å². The normalized spacial score (nSPS) is 20.4. The first-order chi connectivity index (χ1) is 12.8. The summed E-state index contributed by atoms with van der Waals surface area (Å²) in [4.78, 5) is 22.7. The van der Waals surface area contributed by atoms with Crippen LogP contribution in [0.3, 0.4) is 0 Å². The van der Waals surface area contributed by atoms with Gasteiger partial charge in [0.2, 0.25) is 0 Å². The van der Waals surface area contributed by atoms with Crippen LogP contribution in [0.25, 0.3) is 0 Å². The molecule has 3 rings (SSSR count). The fraction of sp³-hybridized carbons (Fsp3) is 0.450. The molecule has 0 bridgehead atoms. The van der Waals surface area contributed by atoms with Crippen molar-refractivity contribution in [2.75, 3.05) is 25.5 Å². The standard InChI is InChI=1S/C20H25FN4O2/c1-12-11-25(3)9-8-16(12)24-19-17(10-14-4-6-15(21)7-5-14)23-18(20(26)27)13(2)22-19/h4-7,12,16H,8-11H2,1-3H3,(H,22,24)(H,26,27)/t12-,16-/m1/s1. The fourth-order valence-electron chi connectivity index (χ4n) is 3.54. The van der Waals surface area contributed by atoms with Crippen LogP contribution in [-0.4, -0.2) is 52.1 Å². The predicted molar refractivity (Wildman–Crippen MR) is 102 cm³/mol. The van der Waals surface area contributed by atoms with Gasteiger partial charge in [-0.05, 0) is 50.6 Å². The molecule has 1 fully saturated rings. The van der Waals surface area contributed by atoms with Gasteiger partial charge in [-0.2, -0.15) is 0 Å². The minimum absolute atomic E-state index is 0.0471. The first-order valence-corrected chi connectivity index (χ1v) is 9.14. The largest absolute Gasteiger partial charge is 0.476 e. The van der Waals surface area contributed by atoms with E-state index in [4.69, 9.17) is 0 Å². The molecule has 0 aliphatic carbocycles. The fourth-order valence-corrected chi connectivity index (χ4v) is 3.54. The molecule has 2 aromatic rings. The lowest BCUT2D eigenvalue weighted by molar-refractivity contribution is 0.0688. The Kier molecular flexibility index (Phi) is 5.70. The molecule has 1 aliphatic rings.